The first kappa shape index (κ1) is 16.3. The highest BCUT2D eigenvalue weighted by molar-refractivity contribution is 5.97. The van der Waals surface area contributed by atoms with Gasteiger partial charge >= 0.3 is 6.61 Å². The molecule has 0 amide bonds. The molecular formula is C15H11F2NO5. The van der Waals surface area contributed by atoms with Crippen molar-refractivity contribution in [3.05, 3.63) is 64.2 Å². The molecule has 2 aromatic carbocycles. The van der Waals surface area contributed by atoms with Gasteiger partial charge in [0.25, 0.3) is 5.69 Å². The second-order valence-corrected chi connectivity index (χ2v) is 4.37. The standard InChI is InChI=1S/C15H11F2NO5/c16-15(17)23-13-5-1-10(2-6-13)14(19)9-22-12-7-3-11(4-8-12)18(20)21/h1-8,15H,9H2. The van der Waals surface area contributed by atoms with E-state index in [9.17, 15) is 23.7 Å². The number of benzene rings is 2. The fourth-order valence-corrected chi connectivity index (χ4v) is 1.72. The number of carbonyl (C=O) groups is 1. The van der Waals surface area contributed by atoms with Crippen molar-refractivity contribution >= 4 is 11.5 Å². The topological polar surface area (TPSA) is 78.7 Å². The molecule has 0 aromatic heterocycles. The number of ether oxygens (including phenoxy) is 2. The highest BCUT2D eigenvalue weighted by atomic mass is 19.3. The fraction of sp³-hybridized carbons (Fsp3) is 0.133. The Labute approximate surface area is 129 Å². The molecule has 0 spiro atoms. The summed E-state index contributed by atoms with van der Waals surface area (Å²) >= 11 is 0. The van der Waals surface area contributed by atoms with E-state index < -0.39 is 11.5 Å². The Hall–Kier alpha value is -3.03. The van der Waals surface area contributed by atoms with Gasteiger partial charge in [-0.15, -0.1) is 0 Å². The predicted octanol–water partition coefficient (Wildman–Crippen LogP) is 3.46. The van der Waals surface area contributed by atoms with E-state index in [1.54, 1.807) is 0 Å². The second-order valence-electron chi connectivity index (χ2n) is 4.37. The molecule has 0 unspecified atom stereocenters. The van der Waals surface area contributed by atoms with Gasteiger partial charge in [-0.1, -0.05) is 0 Å². The molecule has 0 aliphatic rings. The summed E-state index contributed by atoms with van der Waals surface area (Å²) in [7, 11) is 0. The molecule has 0 bridgehead atoms. The third-order valence-corrected chi connectivity index (χ3v) is 2.82. The van der Waals surface area contributed by atoms with Crippen molar-refractivity contribution < 1.29 is 28.0 Å². The van der Waals surface area contributed by atoms with Gasteiger partial charge < -0.3 is 9.47 Å². The first-order chi connectivity index (χ1) is 11.0. The number of hydrogen-bond acceptors (Lipinski definition) is 5. The lowest BCUT2D eigenvalue weighted by Gasteiger charge is -2.07. The molecule has 2 aromatic rings. The number of halogens is 2. The van der Waals surface area contributed by atoms with E-state index in [0.717, 1.165) is 0 Å². The average Bonchev–Trinajstić information content (AvgIpc) is 2.53. The lowest BCUT2D eigenvalue weighted by atomic mass is 10.1. The van der Waals surface area contributed by atoms with Crippen molar-refractivity contribution in [2.75, 3.05) is 6.61 Å². The van der Waals surface area contributed by atoms with Gasteiger partial charge in [0.2, 0.25) is 0 Å². The molecule has 0 atom stereocenters. The molecule has 0 radical (unpaired) electrons. The predicted molar refractivity (Wildman–Crippen MR) is 76.0 cm³/mol. The minimum atomic E-state index is -2.93. The van der Waals surface area contributed by atoms with Crippen molar-refractivity contribution in [2.24, 2.45) is 0 Å². The monoisotopic (exact) mass is 323 g/mol. The van der Waals surface area contributed by atoms with E-state index in [4.69, 9.17) is 4.74 Å². The van der Waals surface area contributed by atoms with Gasteiger partial charge in [0, 0.05) is 17.7 Å². The minimum Gasteiger partial charge on any atom is -0.485 e. The quantitative estimate of drug-likeness (QED) is 0.443. The normalized spacial score (nSPS) is 10.4. The van der Waals surface area contributed by atoms with E-state index >= 15 is 0 Å². The van der Waals surface area contributed by atoms with Crippen molar-refractivity contribution in [3.8, 4) is 11.5 Å². The third kappa shape index (κ3) is 4.73. The molecule has 0 aliphatic carbocycles. The lowest BCUT2D eigenvalue weighted by molar-refractivity contribution is -0.384. The number of alkyl halides is 2. The number of nitrogens with zero attached hydrogens (tertiary/aromatic N) is 1. The maximum Gasteiger partial charge on any atom is 0.387 e. The highest BCUT2D eigenvalue weighted by Crippen LogP contribution is 2.18. The zero-order valence-corrected chi connectivity index (χ0v) is 11.6. The van der Waals surface area contributed by atoms with Crippen LogP contribution in [0.2, 0.25) is 0 Å². The number of nitro benzene ring substituents is 1. The van der Waals surface area contributed by atoms with Gasteiger partial charge in [-0.25, -0.2) is 0 Å². The van der Waals surface area contributed by atoms with E-state index in [1.165, 1.54) is 48.5 Å². The van der Waals surface area contributed by atoms with Crippen LogP contribution < -0.4 is 9.47 Å². The molecule has 0 fully saturated rings. The van der Waals surface area contributed by atoms with Gasteiger partial charge in [0.15, 0.2) is 12.4 Å². The number of carbonyl (C=O) groups excluding carboxylic acids is 1. The molecule has 0 saturated carbocycles. The summed E-state index contributed by atoms with van der Waals surface area (Å²) in [6.07, 6.45) is 0. The number of hydrogen-bond donors (Lipinski definition) is 0. The van der Waals surface area contributed by atoms with Crippen LogP contribution in [0.15, 0.2) is 48.5 Å². The summed E-state index contributed by atoms with van der Waals surface area (Å²) in [5.74, 6) is -0.110. The molecule has 0 saturated heterocycles. The van der Waals surface area contributed by atoms with Gasteiger partial charge in [-0.05, 0) is 36.4 Å². The summed E-state index contributed by atoms with van der Waals surface area (Å²) in [4.78, 5) is 21.9. The molecule has 2 rings (SSSR count). The Kier molecular flexibility index (Phi) is 5.19. The molecule has 6 nitrogen and oxygen atoms in total. The zero-order chi connectivity index (χ0) is 16.8. The van der Waals surface area contributed by atoms with Crippen LogP contribution in [0.5, 0.6) is 11.5 Å². The number of nitro groups is 1. The largest absolute Gasteiger partial charge is 0.485 e. The van der Waals surface area contributed by atoms with Crippen molar-refractivity contribution in [3.63, 3.8) is 0 Å². The average molecular weight is 323 g/mol. The van der Waals surface area contributed by atoms with E-state index in [0.29, 0.717) is 5.75 Å². The molecule has 0 N–H and O–H groups in total. The Morgan fingerprint density at radius 3 is 2.13 bits per heavy atom. The number of rotatable bonds is 7. The maximum atomic E-state index is 12.0. The van der Waals surface area contributed by atoms with Crippen LogP contribution in [0.4, 0.5) is 14.5 Å². The molecule has 23 heavy (non-hydrogen) atoms. The third-order valence-electron chi connectivity index (χ3n) is 2.82. The van der Waals surface area contributed by atoms with E-state index in [1.807, 2.05) is 0 Å². The summed E-state index contributed by atoms with van der Waals surface area (Å²) in [6.45, 7) is -3.21. The highest BCUT2D eigenvalue weighted by Gasteiger charge is 2.10. The van der Waals surface area contributed by atoms with E-state index in [2.05, 4.69) is 4.74 Å². The molecule has 120 valence electrons. The van der Waals surface area contributed by atoms with Crippen molar-refractivity contribution in [2.45, 2.75) is 6.61 Å². The summed E-state index contributed by atoms with van der Waals surface area (Å²) in [6, 6.07) is 10.5. The van der Waals surface area contributed by atoms with E-state index in [-0.39, 0.29) is 29.4 Å². The van der Waals surface area contributed by atoms with Crippen LogP contribution in [-0.4, -0.2) is 23.9 Å². The van der Waals surface area contributed by atoms with Gasteiger partial charge in [-0.3, -0.25) is 14.9 Å². The van der Waals surface area contributed by atoms with Gasteiger partial charge in [-0.2, -0.15) is 8.78 Å². The summed E-state index contributed by atoms with van der Waals surface area (Å²) in [5, 5.41) is 10.5. The smallest absolute Gasteiger partial charge is 0.387 e. The van der Waals surface area contributed by atoms with Gasteiger partial charge in [0.1, 0.15) is 11.5 Å². The van der Waals surface area contributed by atoms with Crippen LogP contribution >= 0.6 is 0 Å². The van der Waals surface area contributed by atoms with Crippen LogP contribution in [-0.2, 0) is 0 Å². The van der Waals surface area contributed by atoms with Crippen LogP contribution in [0, 0.1) is 10.1 Å². The number of non-ortho nitro benzene ring substituents is 1. The van der Waals surface area contributed by atoms with Crippen LogP contribution in [0.3, 0.4) is 0 Å². The second kappa shape index (κ2) is 7.30. The van der Waals surface area contributed by atoms with Crippen LogP contribution in [0.1, 0.15) is 10.4 Å². The molecule has 0 aliphatic heterocycles. The lowest BCUT2D eigenvalue weighted by Crippen LogP contribution is -2.11. The Bertz CT molecular complexity index is 686. The Balaban J connectivity index is 1.92. The molecule has 8 heteroatoms. The van der Waals surface area contributed by atoms with Crippen LogP contribution in [0.25, 0.3) is 0 Å². The first-order valence-electron chi connectivity index (χ1n) is 6.41. The zero-order valence-electron chi connectivity index (χ0n) is 11.6. The minimum absolute atomic E-state index is 0.0483. The maximum absolute atomic E-state index is 12.0. The number of ketones is 1. The van der Waals surface area contributed by atoms with Crippen molar-refractivity contribution in [1.29, 1.82) is 0 Å². The van der Waals surface area contributed by atoms with Crippen molar-refractivity contribution in [1.82, 2.24) is 0 Å². The van der Waals surface area contributed by atoms with Gasteiger partial charge in [0.05, 0.1) is 4.92 Å². The summed E-state index contributed by atoms with van der Waals surface area (Å²) < 4.78 is 33.4. The summed E-state index contributed by atoms with van der Waals surface area (Å²) in [5.41, 5.74) is 0.187. The SMILES string of the molecule is O=C(COc1ccc([N+](=O)[O-])cc1)c1ccc(OC(F)F)cc1. The molecule has 0 heterocycles. The Morgan fingerprint density at radius 1 is 1.04 bits per heavy atom. The molecular weight excluding hydrogens is 312 g/mol. The first-order valence-corrected chi connectivity index (χ1v) is 6.41. The Morgan fingerprint density at radius 2 is 1.61 bits per heavy atom. The fourth-order valence-electron chi connectivity index (χ4n) is 1.72. The number of Topliss-reactive ketones (excluding diaryl/α,β-unsaturated/α-hetero) is 1.